The molecule has 2 aromatic heterocycles. The van der Waals surface area contributed by atoms with Gasteiger partial charge in [-0.25, -0.2) is 14.2 Å². The van der Waals surface area contributed by atoms with E-state index in [1.807, 2.05) is 12.1 Å². The van der Waals surface area contributed by atoms with Crippen LogP contribution in [-0.2, 0) is 38.5 Å². The third-order valence-corrected chi connectivity index (χ3v) is 18.1. The van der Waals surface area contributed by atoms with E-state index in [0.717, 1.165) is 129 Å². The second-order valence-corrected chi connectivity index (χ2v) is 24.3. The van der Waals surface area contributed by atoms with Crippen molar-refractivity contribution in [2.24, 2.45) is 16.7 Å². The summed E-state index contributed by atoms with van der Waals surface area (Å²) in [5, 5.41) is 9.28. The van der Waals surface area contributed by atoms with Crippen molar-refractivity contribution < 1.29 is 27.9 Å². The van der Waals surface area contributed by atoms with Gasteiger partial charge in [-0.15, -0.1) is 0 Å². The largest absolute Gasteiger partial charge is 0.464 e. The lowest BCUT2D eigenvalue weighted by Gasteiger charge is -2.39. The summed E-state index contributed by atoms with van der Waals surface area (Å²) in [4.78, 5) is 57.1. The Labute approximate surface area is 436 Å². The molecule has 2 aromatic carbocycles. The fourth-order valence-electron chi connectivity index (χ4n) is 14.3. The van der Waals surface area contributed by atoms with E-state index in [4.69, 9.17) is 9.72 Å². The molecule has 6 aliphatic heterocycles. The molecule has 0 unspecified atom stereocenters. The Kier molecular flexibility index (Phi) is 14.4. The van der Waals surface area contributed by atoms with Crippen molar-refractivity contribution in [1.82, 2.24) is 40.4 Å². The summed E-state index contributed by atoms with van der Waals surface area (Å²) in [5.41, 5.74) is 11.0. The number of halogens is 2. The minimum atomic E-state index is -2.77. The van der Waals surface area contributed by atoms with Crippen molar-refractivity contribution in [1.29, 1.82) is 0 Å². The number of rotatable bonds is 9. The van der Waals surface area contributed by atoms with Crippen LogP contribution in [-0.4, -0.2) is 132 Å². The highest BCUT2D eigenvalue weighted by molar-refractivity contribution is 5.96. The molecule has 11 rings (SSSR count). The van der Waals surface area contributed by atoms with Crippen LogP contribution in [0.25, 0.3) is 33.3 Å². The second-order valence-electron chi connectivity index (χ2n) is 24.3. The standard InChI is InChI=1S/C59H79F2N9O4/c1-6-69-50-16-15-40-29-45(50)47(53(69)46-30-44(32-63-51(46)37(2)3)67-24-23-66-20-9-13-43(66)33-67)31-58(4,5)36-74-57(73)48-14-10-21-70(65-48)56(72)49(27-38-25-41(40)28-42(26-38)54(60)61)64-55(71)52(39-11-7-8-12-39)68-22-18-59(35-68)17-19-62-34-59/h15-16,25-26,28-30,32,37,39,43,48-49,52,54,62,65H,6-14,17-24,27,31,33-36H2,1-5H3,(H,64,71)/t43-,48+,49+,52+,59+/m1/s1. The summed E-state index contributed by atoms with van der Waals surface area (Å²) in [6.45, 7) is 19.6. The number of likely N-dealkylation sites (tertiary alicyclic amines) is 1. The lowest BCUT2D eigenvalue weighted by molar-refractivity contribution is -0.155. The molecule has 6 bridgehead atoms. The van der Waals surface area contributed by atoms with E-state index in [2.05, 4.69) is 94.3 Å². The number of anilines is 1. The highest BCUT2D eigenvalue weighted by Gasteiger charge is 2.47. The summed E-state index contributed by atoms with van der Waals surface area (Å²) in [7, 11) is 0. The molecule has 15 heteroatoms. The number of hydrazine groups is 1. The number of ether oxygens (including phenoxy) is 1. The summed E-state index contributed by atoms with van der Waals surface area (Å²) >= 11 is 0. The fourth-order valence-corrected chi connectivity index (χ4v) is 14.3. The molecule has 6 fully saturated rings. The zero-order valence-electron chi connectivity index (χ0n) is 44.5. The molecule has 0 radical (unpaired) electrons. The molecule has 1 aliphatic carbocycles. The predicted octanol–water partition coefficient (Wildman–Crippen LogP) is 8.63. The predicted molar refractivity (Wildman–Crippen MR) is 286 cm³/mol. The quantitative estimate of drug-likeness (QED) is 0.140. The molecule has 13 nitrogen and oxygen atoms in total. The van der Waals surface area contributed by atoms with Crippen LogP contribution < -0.4 is 21.0 Å². The van der Waals surface area contributed by atoms with Crippen molar-refractivity contribution in [3.8, 4) is 22.4 Å². The van der Waals surface area contributed by atoms with E-state index in [9.17, 15) is 4.79 Å². The van der Waals surface area contributed by atoms with Gasteiger partial charge in [-0.3, -0.25) is 34.2 Å². The first-order valence-electron chi connectivity index (χ1n) is 28.2. The van der Waals surface area contributed by atoms with E-state index in [-0.39, 0.29) is 41.7 Å². The van der Waals surface area contributed by atoms with Crippen molar-refractivity contribution in [2.45, 2.75) is 155 Å². The Morgan fingerprint density at radius 2 is 1.76 bits per heavy atom. The maximum atomic E-state index is 15.2. The van der Waals surface area contributed by atoms with Gasteiger partial charge in [0.25, 0.3) is 12.3 Å². The lowest BCUT2D eigenvalue weighted by Crippen LogP contribution is -2.62. The van der Waals surface area contributed by atoms with Crippen molar-refractivity contribution in [3.05, 3.63) is 71.0 Å². The van der Waals surface area contributed by atoms with E-state index < -0.39 is 41.8 Å². The zero-order chi connectivity index (χ0) is 51.5. The van der Waals surface area contributed by atoms with Crippen LogP contribution in [0.5, 0.6) is 0 Å². The molecule has 5 saturated heterocycles. The van der Waals surface area contributed by atoms with E-state index >= 15 is 18.4 Å². The first kappa shape index (κ1) is 51.2. The normalized spacial score (nSPS) is 26.6. The molecular formula is C59H79F2N9O4. The number of aromatic nitrogens is 2. The number of pyridine rings is 1. The van der Waals surface area contributed by atoms with Gasteiger partial charge < -0.3 is 24.8 Å². The summed E-state index contributed by atoms with van der Waals surface area (Å²) in [5.74, 6) is -0.736. The SMILES string of the molecule is CCn1c(-c2cc(N3CCN4CCC[C@@H]4C3)cnc2C(C)C)c2c3cc(ccc31)-c1cc(cc(C(F)F)c1)C[C@H](NC(=O)[C@H](C1CCCC1)N1CC[C@]3(CCNC3)C1)C(=O)N1CCC[C@H](N1)C(=O)OCC(C)(C)C2. The fraction of sp³-hybridized carbons (Fsp3) is 0.627. The molecular weight excluding hydrogens is 937 g/mol. The molecule has 1 spiro atoms. The number of hydrogen-bond donors (Lipinski definition) is 3. The van der Waals surface area contributed by atoms with Crippen LogP contribution in [0, 0.1) is 16.7 Å². The Morgan fingerprint density at radius 3 is 2.53 bits per heavy atom. The van der Waals surface area contributed by atoms with Crippen LogP contribution in [0.4, 0.5) is 14.5 Å². The molecule has 5 atom stereocenters. The zero-order valence-corrected chi connectivity index (χ0v) is 44.5. The van der Waals surface area contributed by atoms with Gasteiger partial charge in [0, 0.05) is 85.7 Å². The number of esters is 1. The highest BCUT2D eigenvalue weighted by atomic mass is 19.3. The summed E-state index contributed by atoms with van der Waals surface area (Å²) in [6, 6.07) is 11.9. The molecule has 398 valence electrons. The number of nitrogens with one attached hydrogen (secondary N) is 3. The van der Waals surface area contributed by atoms with Gasteiger partial charge in [0.15, 0.2) is 0 Å². The van der Waals surface area contributed by atoms with Gasteiger partial charge in [0.2, 0.25) is 5.91 Å². The van der Waals surface area contributed by atoms with Crippen LogP contribution in [0.2, 0.25) is 0 Å². The molecule has 3 N–H and O–H groups in total. The molecule has 74 heavy (non-hydrogen) atoms. The van der Waals surface area contributed by atoms with Crippen molar-refractivity contribution >= 4 is 34.4 Å². The van der Waals surface area contributed by atoms with Gasteiger partial charge >= 0.3 is 5.97 Å². The van der Waals surface area contributed by atoms with Gasteiger partial charge in [0.1, 0.15) is 12.1 Å². The number of alkyl halides is 2. The van der Waals surface area contributed by atoms with Gasteiger partial charge in [0.05, 0.1) is 35.9 Å². The Hall–Kier alpha value is -4.96. The number of amides is 2. The van der Waals surface area contributed by atoms with Crippen LogP contribution in [0.15, 0.2) is 48.7 Å². The van der Waals surface area contributed by atoms with Crippen LogP contribution in [0.1, 0.15) is 134 Å². The number of hydrogen-bond acceptors (Lipinski definition) is 10. The summed E-state index contributed by atoms with van der Waals surface area (Å²) in [6.07, 6.45) is 9.41. The van der Waals surface area contributed by atoms with E-state index in [0.29, 0.717) is 49.5 Å². The lowest BCUT2D eigenvalue weighted by atomic mass is 9.83. The molecule has 4 aromatic rings. The minimum absolute atomic E-state index is 0.00811. The number of aryl methyl sites for hydroxylation is 1. The Balaban J connectivity index is 1.02. The molecule has 8 heterocycles. The first-order chi connectivity index (χ1) is 35.7. The number of carbonyl (C=O) groups is 3. The monoisotopic (exact) mass is 1020 g/mol. The number of carbonyl (C=O) groups excluding carboxylic acids is 3. The first-order valence-corrected chi connectivity index (χ1v) is 28.2. The number of benzene rings is 2. The topological polar surface area (TPSA) is 127 Å². The Bertz CT molecular complexity index is 2750. The summed E-state index contributed by atoms with van der Waals surface area (Å²) < 4.78 is 39.1. The van der Waals surface area contributed by atoms with Gasteiger partial charge in [-0.1, -0.05) is 58.7 Å². The third-order valence-electron chi connectivity index (χ3n) is 18.1. The second kappa shape index (κ2) is 20.9. The van der Waals surface area contributed by atoms with Crippen molar-refractivity contribution in [3.63, 3.8) is 0 Å². The third kappa shape index (κ3) is 10.1. The van der Waals surface area contributed by atoms with Gasteiger partial charge in [-0.05, 0) is 148 Å². The van der Waals surface area contributed by atoms with E-state index in [1.54, 1.807) is 6.07 Å². The maximum absolute atomic E-state index is 15.2. The van der Waals surface area contributed by atoms with Gasteiger partial charge in [-0.2, -0.15) is 0 Å². The Morgan fingerprint density at radius 1 is 0.932 bits per heavy atom. The van der Waals surface area contributed by atoms with Crippen molar-refractivity contribution in [2.75, 3.05) is 70.4 Å². The average molecular weight is 1020 g/mol. The number of fused-ring (bicyclic) bond motifs is 7. The molecule has 2 amide bonds. The molecule has 7 aliphatic rings. The van der Waals surface area contributed by atoms with E-state index in [1.165, 1.54) is 30.5 Å². The minimum Gasteiger partial charge on any atom is -0.464 e. The van der Waals surface area contributed by atoms with Crippen LogP contribution in [0.3, 0.4) is 0 Å². The smallest absolute Gasteiger partial charge is 0.324 e. The highest BCUT2D eigenvalue weighted by Crippen LogP contribution is 2.45. The number of nitrogens with zero attached hydrogens (tertiary/aromatic N) is 6. The van der Waals surface area contributed by atoms with Crippen LogP contribution >= 0.6 is 0 Å². The maximum Gasteiger partial charge on any atom is 0.324 e. The number of piperazine rings is 1. The molecule has 1 saturated carbocycles. The number of cyclic esters (lactones) is 1. The average Bonchev–Trinajstić information content (AvgIpc) is 4.28.